The Kier molecular flexibility index (Phi) is 1.19. The first kappa shape index (κ1) is 6.64. The highest BCUT2D eigenvalue weighted by molar-refractivity contribution is 5.84. The summed E-state index contributed by atoms with van der Waals surface area (Å²) in [6, 6.07) is 0. The van der Waals surface area contributed by atoms with Crippen LogP contribution in [0.5, 0.6) is 0 Å². The van der Waals surface area contributed by atoms with E-state index in [0.29, 0.717) is 12.8 Å². The van der Waals surface area contributed by atoms with E-state index in [4.69, 9.17) is 9.84 Å². The molecule has 2 bridgehead atoms. The number of rotatable bonds is 1. The van der Waals surface area contributed by atoms with Gasteiger partial charge in [0, 0.05) is 0 Å². The van der Waals surface area contributed by atoms with E-state index in [0.717, 1.165) is 0 Å². The third-order valence-corrected chi connectivity index (χ3v) is 2.42. The highest BCUT2D eigenvalue weighted by Gasteiger charge is 2.50. The number of carbonyl (C=O) groups excluding carboxylic acids is 1. The van der Waals surface area contributed by atoms with Gasteiger partial charge in [0.25, 0.3) is 0 Å². The minimum absolute atomic E-state index is 0.117. The zero-order chi connectivity index (χ0) is 8.01. The number of hydrogen-bond donors (Lipinski definition) is 1. The van der Waals surface area contributed by atoms with Gasteiger partial charge in [0.05, 0.1) is 11.8 Å². The largest absolute Gasteiger partial charge is 0.481 e. The second-order valence-electron chi connectivity index (χ2n) is 3.08. The monoisotopic (exact) mass is 156 g/mol. The average Bonchev–Trinajstić information content (AvgIpc) is 2.43. The van der Waals surface area contributed by atoms with Gasteiger partial charge in [0.2, 0.25) is 0 Å². The summed E-state index contributed by atoms with van der Waals surface area (Å²) in [5.41, 5.74) is 0. The highest BCUT2D eigenvalue weighted by Crippen LogP contribution is 2.40. The lowest BCUT2D eigenvalue weighted by Gasteiger charge is -2.16. The van der Waals surface area contributed by atoms with Crippen molar-refractivity contribution in [2.45, 2.75) is 18.9 Å². The van der Waals surface area contributed by atoms with Crippen LogP contribution in [0, 0.1) is 11.8 Å². The van der Waals surface area contributed by atoms with Gasteiger partial charge < -0.3 is 9.84 Å². The van der Waals surface area contributed by atoms with E-state index in [-0.39, 0.29) is 18.0 Å². The van der Waals surface area contributed by atoms with Gasteiger partial charge in [-0.05, 0) is 12.8 Å². The van der Waals surface area contributed by atoms with Crippen molar-refractivity contribution in [1.82, 2.24) is 0 Å². The minimum atomic E-state index is -0.867. The Morgan fingerprint density at radius 1 is 1.55 bits per heavy atom. The van der Waals surface area contributed by atoms with Crippen LogP contribution >= 0.6 is 0 Å². The molecule has 0 spiro atoms. The molecule has 4 heteroatoms. The van der Waals surface area contributed by atoms with E-state index >= 15 is 0 Å². The summed E-state index contributed by atoms with van der Waals surface area (Å²) in [6.07, 6.45) is 0.996. The summed E-state index contributed by atoms with van der Waals surface area (Å²) in [5, 5.41) is 8.65. The molecule has 1 aliphatic heterocycles. The van der Waals surface area contributed by atoms with E-state index in [9.17, 15) is 9.59 Å². The Hall–Kier alpha value is -1.06. The van der Waals surface area contributed by atoms with Crippen LogP contribution in [-0.2, 0) is 14.3 Å². The molecule has 60 valence electrons. The Morgan fingerprint density at radius 3 is 2.64 bits per heavy atom. The lowest BCUT2D eigenvalue weighted by Crippen LogP contribution is -2.28. The fourth-order valence-corrected chi connectivity index (χ4v) is 1.87. The number of fused-ring (bicyclic) bond motifs is 2. The van der Waals surface area contributed by atoms with Crippen LogP contribution in [0.3, 0.4) is 0 Å². The van der Waals surface area contributed by atoms with Crippen molar-refractivity contribution in [3.05, 3.63) is 0 Å². The molecular formula is C7H8O4. The van der Waals surface area contributed by atoms with Crippen LogP contribution in [0.15, 0.2) is 0 Å². The SMILES string of the molecule is O=C(O)C1C[C@@H]2CC1C(=O)O2. The summed E-state index contributed by atoms with van der Waals surface area (Å²) >= 11 is 0. The smallest absolute Gasteiger partial charge is 0.310 e. The summed E-state index contributed by atoms with van der Waals surface area (Å²) in [4.78, 5) is 21.4. The standard InChI is InChI=1S/C7H8O4/c8-6(9)4-1-3-2-5(4)7(10)11-3/h3-5H,1-2H2,(H,8,9)/t3-,4?,5?/m1/s1. The number of ether oxygens (including phenoxy) is 1. The summed E-state index contributed by atoms with van der Waals surface area (Å²) in [6.45, 7) is 0. The second kappa shape index (κ2) is 1.96. The first-order chi connectivity index (χ1) is 5.18. The van der Waals surface area contributed by atoms with E-state index in [1.807, 2.05) is 0 Å². The zero-order valence-corrected chi connectivity index (χ0v) is 5.82. The maximum atomic E-state index is 10.9. The molecule has 2 aliphatic rings. The van der Waals surface area contributed by atoms with Crippen molar-refractivity contribution in [2.75, 3.05) is 0 Å². The topological polar surface area (TPSA) is 63.6 Å². The molecule has 2 unspecified atom stereocenters. The van der Waals surface area contributed by atoms with Crippen LogP contribution in [0.1, 0.15) is 12.8 Å². The van der Waals surface area contributed by atoms with Gasteiger partial charge in [-0.15, -0.1) is 0 Å². The first-order valence-electron chi connectivity index (χ1n) is 3.62. The van der Waals surface area contributed by atoms with Crippen molar-refractivity contribution < 1.29 is 19.4 Å². The third-order valence-electron chi connectivity index (χ3n) is 2.42. The molecule has 2 rings (SSSR count). The molecule has 3 atom stereocenters. The number of carboxylic acids is 1. The number of carboxylic acid groups (broad SMARTS) is 1. The van der Waals surface area contributed by atoms with E-state index < -0.39 is 11.9 Å². The average molecular weight is 156 g/mol. The number of aliphatic carboxylic acids is 1. The number of hydrogen-bond acceptors (Lipinski definition) is 3. The van der Waals surface area contributed by atoms with Crippen molar-refractivity contribution in [3.8, 4) is 0 Å². The molecule has 0 aromatic carbocycles. The fourth-order valence-electron chi connectivity index (χ4n) is 1.87. The van der Waals surface area contributed by atoms with Crippen molar-refractivity contribution >= 4 is 11.9 Å². The van der Waals surface area contributed by atoms with E-state index in [1.165, 1.54) is 0 Å². The molecule has 1 aliphatic carbocycles. The van der Waals surface area contributed by atoms with Crippen molar-refractivity contribution in [2.24, 2.45) is 11.8 Å². The Bertz CT molecular complexity index is 222. The maximum absolute atomic E-state index is 10.9. The molecule has 1 saturated carbocycles. The quantitative estimate of drug-likeness (QED) is 0.544. The van der Waals surface area contributed by atoms with Crippen LogP contribution in [0.2, 0.25) is 0 Å². The molecule has 0 aromatic heterocycles. The van der Waals surface area contributed by atoms with Gasteiger partial charge in [-0.1, -0.05) is 0 Å². The molecule has 1 saturated heterocycles. The predicted octanol–water partition coefficient (Wildman–Crippen LogP) is 0.0226. The molecule has 0 radical (unpaired) electrons. The Labute approximate surface area is 63.1 Å². The molecule has 1 heterocycles. The van der Waals surface area contributed by atoms with Gasteiger partial charge in [0.1, 0.15) is 6.10 Å². The first-order valence-corrected chi connectivity index (χ1v) is 3.62. The summed E-state index contributed by atoms with van der Waals surface area (Å²) in [5.74, 6) is -2.04. The molecular weight excluding hydrogens is 148 g/mol. The summed E-state index contributed by atoms with van der Waals surface area (Å²) < 4.78 is 4.84. The van der Waals surface area contributed by atoms with Gasteiger partial charge in [-0.25, -0.2) is 0 Å². The maximum Gasteiger partial charge on any atom is 0.310 e. The van der Waals surface area contributed by atoms with Crippen LogP contribution in [-0.4, -0.2) is 23.1 Å². The van der Waals surface area contributed by atoms with Gasteiger partial charge >= 0.3 is 11.9 Å². The van der Waals surface area contributed by atoms with Gasteiger partial charge in [-0.3, -0.25) is 9.59 Å². The fraction of sp³-hybridized carbons (Fsp3) is 0.714. The molecule has 11 heavy (non-hydrogen) atoms. The Balaban J connectivity index is 2.18. The highest BCUT2D eigenvalue weighted by atomic mass is 16.6. The van der Waals surface area contributed by atoms with Crippen LogP contribution in [0.25, 0.3) is 0 Å². The van der Waals surface area contributed by atoms with E-state index in [2.05, 4.69) is 0 Å². The number of carbonyl (C=O) groups is 2. The normalized spacial score (nSPS) is 40.7. The van der Waals surface area contributed by atoms with Gasteiger partial charge in [-0.2, -0.15) is 0 Å². The second-order valence-corrected chi connectivity index (χ2v) is 3.08. The predicted molar refractivity (Wildman–Crippen MR) is 33.7 cm³/mol. The molecule has 2 fully saturated rings. The van der Waals surface area contributed by atoms with Crippen LogP contribution in [0.4, 0.5) is 0 Å². The third kappa shape index (κ3) is 0.818. The van der Waals surface area contributed by atoms with Crippen LogP contribution < -0.4 is 0 Å². The molecule has 0 aromatic rings. The zero-order valence-electron chi connectivity index (χ0n) is 5.82. The van der Waals surface area contributed by atoms with Gasteiger partial charge in [0.15, 0.2) is 0 Å². The molecule has 0 amide bonds. The van der Waals surface area contributed by atoms with E-state index in [1.54, 1.807) is 0 Å². The van der Waals surface area contributed by atoms with Crippen molar-refractivity contribution in [3.63, 3.8) is 0 Å². The van der Waals surface area contributed by atoms with Crippen molar-refractivity contribution in [1.29, 1.82) is 0 Å². The Morgan fingerprint density at radius 2 is 2.27 bits per heavy atom. The lowest BCUT2D eigenvalue weighted by molar-refractivity contribution is -0.158. The molecule has 1 N–H and O–H groups in total. The minimum Gasteiger partial charge on any atom is -0.481 e. The number of esters is 1. The molecule has 4 nitrogen and oxygen atoms in total. The lowest BCUT2D eigenvalue weighted by atomic mass is 9.96. The summed E-state index contributed by atoms with van der Waals surface area (Å²) in [7, 11) is 0.